The molecule has 2 heterocycles. The molecular weight excluding hydrogens is 300 g/mol. The van der Waals surface area contributed by atoms with Gasteiger partial charge in [0.1, 0.15) is 0 Å². The van der Waals surface area contributed by atoms with Gasteiger partial charge in [0.15, 0.2) is 5.69 Å². The molecular formula is C19H18N4O. The van der Waals surface area contributed by atoms with E-state index in [9.17, 15) is 4.79 Å². The topological polar surface area (TPSA) is 51.0 Å². The fourth-order valence-electron chi connectivity index (χ4n) is 3.34. The molecule has 1 aliphatic carbocycles. The number of rotatable bonds is 3. The number of hydrogen-bond donors (Lipinski definition) is 0. The van der Waals surface area contributed by atoms with Crippen molar-refractivity contribution in [1.82, 2.24) is 19.7 Å². The number of fused-ring (bicyclic) bond motifs is 1. The molecule has 0 saturated carbocycles. The van der Waals surface area contributed by atoms with E-state index in [2.05, 4.69) is 28.3 Å². The van der Waals surface area contributed by atoms with Crippen LogP contribution in [0.2, 0.25) is 0 Å². The maximum Gasteiger partial charge on any atom is 0.274 e. The molecule has 0 fully saturated rings. The van der Waals surface area contributed by atoms with Crippen LogP contribution in [-0.4, -0.2) is 32.6 Å². The van der Waals surface area contributed by atoms with Crippen LogP contribution >= 0.6 is 0 Å². The van der Waals surface area contributed by atoms with Crippen molar-refractivity contribution in [2.75, 3.05) is 7.05 Å². The second-order valence-corrected chi connectivity index (χ2v) is 6.02. The van der Waals surface area contributed by atoms with Gasteiger partial charge in [0.25, 0.3) is 5.91 Å². The van der Waals surface area contributed by atoms with E-state index < -0.39 is 0 Å². The Morgan fingerprint density at radius 1 is 1.17 bits per heavy atom. The van der Waals surface area contributed by atoms with Crippen LogP contribution in [0.15, 0.2) is 61.1 Å². The first-order valence-electron chi connectivity index (χ1n) is 8.05. The first-order chi connectivity index (χ1) is 11.7. The molecule has 1 aliphatic rings. The zero-order valence-corrected chi connectivity index (χ0v) is 13.5. The van der Waals surface area contributed by atoms with Crippen molar-refractivity contribution < 1.29 is 4.79 Å². The van der Waals surface area contributed by atoms with Gasteiger partial charge in [0, 0.05) is 25.6 Å². The highest BCUT2D eigenvalue weighted by atomic mass is 16.2. The molecule has 5 nitrogen and oxygen atoms in total. The summed E-state index contributed by atoms with van der Waals surface area (Å²) in [5.74, 6) is -0.0514. The van der Waals surface area contributed by atoms with Crippen molar-refractivity contribution in [3.63, 3.8) is 0 Å². The van der Waals surface area contributed by atoms with Gasteiger partial charge in [-0.25, -0.2) is 4.68 Å². The monoisotopic (exact) mass is 318 g/mol. The molecule has 24 heavy (non-hydrogen) atoms. The Balaban J connectivity index is 1.57. The highest BCUT2D eigenvalue weighted by molar-refractivity contribution is 5.92. The van der Waals surface area contributed by atoms with Crippen molar-refractivity contribution >= 4 is 5.91 Å². The first kappa shape index (κ1) is 14.6. The zero-order valence-electron chi connectivity index (χ0n) is 13.5. The largest absolute Gasteiger partial charge is 0.333 e. The summed E-state index contributed by atoms with van der Waals surface area (Å²) in [6, 6.07) is 14.0. The quantitative estimate of drug-likeness (QED) is 0.746. The van der Waals surface area contributed by atoms with E-state index in [1.165, 1.54) is 11.1 Å². The summed E-state index contributed by atoms with van der Waals surface area (Å²) >= 11 is 0. The van der Waals surface area contributed by atoms with Crippen LogP contribution in [0.1, 0.15) is 34.1 Å². The minimum Gasteiger partial charge on any atom is -0.333 e. The molecule has 0 radical (unpaired) electrons. The van der Waals surface area contributed by atoms with E-state index in [0.29, 0.717) is 5.69 Å². The minimum atomic E-state index is -0.0514. The minimum absolute atomic E-state index is 0.0514. The van der Waals surface area contributed by atoms with Crippen molar-refractivity contribution in [2.24, 2.45) is 0 Å². The maximum absolute atomic E-state index is 12.8. The van der Waals surface area contributed by atoms with Crippen LogP contribution in [0.4, 0.5) is 0 Å². The Morgan fingerprint density at radius 3 is 2.79 bits per heavy atom. The number of carbonyl (C=O) groups excluding carboxylic acids is 1. The van der Waals surface area contributed by atoms with Crippen LogP contribution in [0.5, 0.6) is 0 Å². The van der Waals surface area contributed by atoms with Gasteiger partial charge in [-0.05, 0) is 42.2 Å². The Kier molecular flexibility index (Phi) is 3.61. The van der Waals surface area contributed by atoms with Gasteiger partial charge >= 0.3 is 0 Å². The molecule has 2 aromatic heterocycles. The number of aryl methyl sites for hydroxylation is 1. The van der Waals surface area contributed by atoms with E-state index in [-0.39, 0.29) is 11.9 Å². The average molecular weight is 318 g/mol. The zero-order chi connectivity index (χ0) is 16.5. The summed E-state index contributed by atoms with van der Waals surface area (Å²) < 4.78 is 1.70. The summed E-state index contributed by atoms with van der Waals surface area (Å²) in [6.45, 7) is 0. The fraction of sp³-hybridized carbons (Fsp3) is 0.211. The van der Waals surface area contributed by atoms with Crippen LogP contribution < -0.4 is 0 Å². The molecule has 120 valence electrons. The Hall–Kier alpha value is -2.95. The Morgan fingerprint density at radius 2 is 1.96 bits per heavy atom. The number of aromatic nitrogens is 3. The molecule has 1 amide bonds. The van der Waals surface area contributed by atoms with Gasteiger partial charge in [-0.2, -0.15) is 5.10 Å². The highest BCUT2D eigenvalue weighted by Gasteiger charge is 2.29. The smallest absolute Gasteiger partial charge is 0.274 e. The van der Waals surface area contributed by atoms with E-state index >= 15 is 0 Å². The average Bonchev–Trinajstić information content (AvgIpc) is 3.28. The number of carbonyl (C=O) groups is 1. The summed E-state index contributed by atoms with van der Waals surface area (Å²) in [4.78, 5) is 18.6. The van der Waals surface area contributed by atoms with Crippen LogP contribution in [-0.2, 0) is 6.42 Å². The second-order valence-electron chi connectivity index (χ2n) is 6.02. The lowest BCUT2D eigenvalue weighted by Gasteiger charge is -2.24. The number of hydrogen-bond acceptors (Lipinski definition) is 3. The van der Waals surface area contributed by atoms with E-state index in [0.717, 1.165) is 18.5 Å². The Bertz CT molecular complexity index is 872. The lowest BCUT2D eigenvalue weighted by Crippen LogP contribution is -2.30. The van der Waals surface area contributed by atoms with Crippen molar-refractivity contribution in [2.45, 2.75) is 18.9 Å². The standard InChI is InChI=1S/C19H18N4O/c1-22(18-7-6-14-4-2-3-5-16(14)18)19(24)17-10-13-23(21-17)15-8-11-20-12-9-15/h2-5,8-13,18H,6-7H2,1H3. The summed E-state index contributed by atoms with van der Waals surface area (Å²) in [7, 11) is 1.86. The normalized spacial score (nSPS) is 16.0. The molecule has 1 aromatic carbocycles. The molecule has 0 spiro atoms. The predicted molar refractivity (Wildman–Crippen MR) is 91.0 cm³/mol. The third-order valence-corrected chi connectivity index (χ3v) is 4.62. The second kappa shape index (κ2) is 5.92. The predicted octanol–water partition coefficient (Wildman–Crippen LogP) is 3.03. The van der Waals surface area contributed by atoms with Gasteiger partial charge in [0.2, 0.25) is 0 Å². The first-order valence-corrected chi connectivity index (χ1v) is 8.05. The van der Waals surface area contributed by atoms with Gasteiger partial charge in [-0.1, -0.05) is 24.3 Å². The van der Waals surface area contributed by atoms with E-state index in [4.69, 9.17) is 0 Å². The molecule has 0 saturated heterocycles. The van der Waals surface area contributed by atoms with Crippen molar-refractivity contribution in [3.05, 3.63) is 77.9 Å². The number of pyridine rings is 1. The number of amides is 1. The molecule has 0 bridgehead atoms. The van der Waals surface area contributed by atoms with E-state index in [1.54, 1.807) is 29.3 Å². The fourth-order valence-corrected chi connectivity index (χ4v) is 3.34. The molecule has 4 rings (SSSR count). The van der Waals surface area contributed by atoms with Gasteiger partial charge in [-0.15, -0.1) is 0 Å². The maximum atomic E-state index is 12.8. The van der Waals surface area contributed by atoms with Crippen LogP contribution in [0, 0.1) is 0 Å². The molecule has 1 atom stereocenters. The molecule has 0 aliphatic heterocycles. The molecule has 3 aromatic rings. The van der Waals surface area contributed by atoms with Crippen LogP contribution in [0.3, 0.4) is 0 Å². The molecule has 0 N–H and O–H groups in total. The number of benzene rings is 1. The number of nitrogens with zero attached hydrogens (tertiary/aromatic N) is 4. The summed E-state index contributed by atoms with van der Waals surface area (Å²) in [5, 5.41) is 4.43. The lowest BCUT2D eigenvalue weighted by atomic mass is 10.1. The molecule has 5 heteroatoms. The van der Waals surface area contributed by atoms with Crippen LogP contribution in [0.25, 0.3) is 5.69 Å². The van der Waals surface area contributed by atoms with Gasteiger partial charge in [-0.3, -0.25) is 9.78 Å². The summed E-state index contributed by atoms with van der Waals surface area (Å²) in [6.07, 6.45) is 7.20. The van der Waals surface area contributed by atoms with Crippen molar-refractivity contribution in [3.8, 4) is 5.69 Å². The highest BCUT2D eigenvalue weighted by Crippen LogP contribution is 2.35. The molecule has 1 unspecified atom stereocenters. The SMILES string of the molecule is CN(C(=O)c1ccn(-c2ccncc2)n1)C1CCc2ccccc21. The van der Waals surface area contributed by atoms with Crippen molar-refractivity contribution in [1.29, 1.82) is 0 Å². The lowest BCUT2D eigenvalue weighted by molar-refractivity contribution is 0.0724. The Labute approximate surface area is 140 Å². The van der Waals surface area contributed by atoms with E-state index in [1.807, 2.05) is 30.1 Å². The summed E-state index contributed by atoms with van der Waals surface area (Å²) in [5.41, 5.74) is 3.93. The van der Waals surface area contributed by atoms with Gasteiger partial charge < -0.3 is 4.90 Å². The third-order valence-electron chi connectivity index (χ3n) is 4.62. The van der Waals surface area contributed by atoms with Gasteiger partial charge in [0.05, 0.1) is 11.7 Å². The third kappa shape index (κ3) is 2.48.